The third-order valence-corrected chi connectivity index (χ3v) is 5.40. The molecule has 0 aliphatic rings. The summed E-state index contributed by atoms with van der Waals surface area (Å²) in [6, 6.07) is 0.634. The van der Waals surface area contributed by atoms with Crippen molar-refractivity contribution in [3.05, 3.63) is 70.3 Å². The average molecular weight is 426 g/mol. The van der Waals surface area contributed by atoms with Gasteiger partial charge in [0.2, 0.25) is 0 Å². The van der Waals surface area contributed by atoms with Crippen molar-refractivity contribution in [3.8, 4) is 0 Å². The van der Waals surface area contributed by atoms with E-state index in [0.29, 0.717) is 0 Å². The van der Waals surface area contributed by atoms with E-state index in [0.717, 1.165) is 0 Å². The molecule has 2 rings (SSSR count). The second-order valence-corrected chi connectivity index (χ2v) is 7.00. The Morgan fingerprint density at radius 2 is 0.808 bits per heavy atom. The van der Waals surface area contributed by atoms with Crippen LogP contribution in [0.2, 0.25) is 0 Å². The lowest BCUT2D eigenvalue weighted by molar-refractivity contribution is 0.0949. The molecule has 2 aromatic rings. The molecule has 0 N–H and O–H groups in total. The van der Waals surface area contributed by atoms with Crippen LogP contribution in [-0.2, 0) is 10.5 Å². The van der Waals surface area contributed by atoms with Crippen molar-refractivity contribution in [2.45, 2.75) is 10.5 Å². The molecule has 0 radical (unpaired) electrons. The van der Waals surface area contributed by atoms with Gasteiger partial charge in [-0.25, -0.2) is 26.3 Å². The predicted molar refractivity (Wildman–Crippen MR) is 75.6 cm³/mol. The largest absolute Gasteiger partial charge is 0.331 e. The lowest BCUT2D eigenvalue weighted by atomic mass is 10.2. The Kier molecular flexibility index (Phi) is 5.76. The number of hydrogen-bond donors (Lipinski definition) is 0. The van der Waals surface area contributed by atoms with E-state index in [9.17, 15) is 43.9 Å². The molecule has 0 nitrogen and oxygen atoms in total. The topological polar surface area (TPSA) is 0 Å². The average Bonchev–Trinajstić information content (AvgIpc) is 2.55. The molecule has 0 amide bonds. The monoisotopic (exact) mass is 426 g/mol. The van der Waals surface area contributed by atoms with Gasteiger partial charge in [0, 0.05) is 0 Å². The van der Waals surface area contributed by atoms with E-state index < -0.39 is 78.1 Å². The van der Waals surface area contributed by atoms with E-state index in [-0.39, 0.29) is 24.3 Å². The lowest BCUT2D eigenvalue weighted by Gasteiger charge is -2.21. The fraction of sp³-hybridized carbons (Fsp3) is 0.143. The zero-order chi connectivity index (χ0) is 19.9. The van der Waals surface area contributed by atoms with Gasteiger partial charge in [-0.2, -0.15) is 17.6 Å². The molecule has 0 aliphatic heterocycles. The summed E-state index contributed by atoms with van der Waals surface area (Å²) >= 11 is 0. The molecular formula is C14H4F10S2. The van der Waals surface area contributed by atoms with Gasteiger partial charge in [-0.05, 0) is 45.9 Å². The minimum absolute atomic E-state index is 0.150. The van der Waals surface area contributed by atoms with E-state index >= 15 is 0 Å². The second kappa shape index (κ2) is 7.22. The van der Waals surface area contributed by atoms with Crippen LogP contribution in [0.1, 0.15) is 11.1 Å². The minimum atomic E-state index is -4.48. The molecule has 0 saturated carbocycles. The molecule has 26 heavy (non-hydrogen) atoms. The highest BCUT2D eigenvalue weighted by Gasteiger charge is 2.45. The van der Waals surface area contributed by atoms with Crippen molar-refractivity contribution in [3.63, 3.8) is 0 Å². The molecule has 0 unspecified atom stereocenters. The van der Waals surface area contributed by atoms with Crippen molar-refractivity contribution in [1.29, 1.82) is 0 Å². The quantitative estimate of drug-likeness (QED) is 0.296. The van der Waals surface area contributed by atoms with Gasteiger partial charge < -0.3 is 0 Å². The fourth-order valence-corrected chi connectivity index (χ4v) is 3.57. The maximum absolute atomic E-state index is 13.9. The SMILES string of the molecule is Fc1ccc(C(F)(F)SSC(F)(F)c2ccc(F)c(F)c2F)c(F)c1F. The van der Waals surface area contributed by atoms with Crippen molar-refractivity contribution >= 4 is 21.6 Å². The van der Waals surface area contributed by atoms with Crippen LogP contribution in [0.15, 0.2) is 24.3 Å². The Morgan fingerprint density at radius 1 is 0.500 bits per heavy atom. The van der Waals surface area contributed by atoms with Crippen LogP contribution < -0.4 is 0 Å². The fourth-order valence-electron chi connectivity index (χ4n) is 1.70. The summed E-state index contributed by atoms with van der Waals surface area (Å²) in [6.45, 7) is 0. The number of alkyl halides is 4. The predicted octanol–water partition coefficient (Wildman–Crippen LogP) is 6.70. The molecule has 0 atom stereocenters. The minimum Gasteiger partial charge on any atom is -0.204 e. The Labute approximate surface area is 147 Å². The molecule has 0 aromatic heterocycles. The smallest absolute Gasteiger partial charge is 0.204 e. The summed E-state index contributed by atoms with van der Waals surface area (Å²) in [4.78, 5) is 0. The van der Waals surface area contributed by atoms with Crippen LogP contribution in [-0.4, -0.2) is 0 Å². The van der Waals surface area contributed by atoms with E-state index in [2.05, 4.69) is 0 Å². The maximum atomic E-state index is 13.9. The third-order valence-electron chi connectivity index (χ3n) is 2.95. The highest BCUT2D eigenvalue weighted by atomic mass is 33.1. The van der Waals surface area contributed by atoms with E-state index in [1.165, 1.54) is 0 Å². The van der Waals surface area contributed by atoms with Crippen LogP contribution in [0.3, 0.4) is 0 Å². The van der Waals surface area contributed by atoms with E-state index in [1.54, 1.807) is 0 Å². The molecule has 0 bridgehead atoms. The van der Waals surface area contributed by atoms with Crippen molar-refractivity contribution in [2.75, 3.05) is 0 Å². The number of hydrogen-bond acceptors (Lipinski definition) is 2. The van der Waals surface area contributed by atoms with Gasteiger partial charge in [0.1, 0.15) is 0 Å². The summed E-state index contributed by atoms with van der Waals surface area (Å²) in [5.41, 5.74) is -3.45. The van der Waals surface area contributed by atoms with Crippen LogP contribution in [0.25, 0.3) is 0 Å². The van der Waals surface area contributed by atoms with Gasteiger partial charge in [-0.15, -0.1) is 0 Å². The van der Waals surface area contributed by atoms with Gasteiger partial charge in [0.25, 0.3) is 0 Å². The van der Waals surface area contributed by atoms with Crippen molar-refractivity contribution in [1.82, 2.24) is 0 Å². The molecule has 0 spiro atoms. The molecule has 2 aromatic carbocycles. The van der Waals surface area contributed by atoms with Crippen LogP contribution in [0, 0.1) is 34.9 Å². The van der Waals surface area contributed by atoms with Gasteiger partial charge in [-0.1, -0.05) is 0 Å². The normalized spacial score (nSPS) is 12.5. The lowest BCUT2D eigenvalue weighted by Crippen LogP contribution is -2.16. The van der Waals surface area contributed by atoms with Gasteiger partial charge in [-0.3, -0.25) is 0 Å². The molecule has 0 aliphatic carbocycles. The number of halogens is 10. The standard InChI is InChI=1S/C14H4F10S2/c15-7-3-1-5(9(17)11(7)19)13(21,22)25-26-14(23,24)6-2-4-8(16)12(20)10(6)18/h1-4H. The first kappa shape index (κ1) is 20.7. The Bertz CT molecular complexity index is 767. The maximum Gasteiger partial charge on any atom is 0.331 e. The zero-order valence-electron chi connectivity index (χ0n) is 11.9. The molecular weight excluding hydrogens is 422 g/mol. The number of benzene rings is 2. The first-order valence-electron chi connectivity index (χ1n) is 6.29. The summed E-state index contributed by atoms with van der Waals surface area (Å²) in [7, 11) is -2.00. The summed E-state index contributed by atoms with van der Waals surface area (Å²) in [5.74, 6) is -12.6. The Hall–Kier alpha value is -1.56. The second-order valence-electron chi connectivity index (χ2n) is 4.65. The van der Waals surface area contributed by atoms with Crippen LogP contribution in [0.4, 0.5) is 43.9 Å². The first-order chi connectivity index (χ1) is 11.9. The highest BCUT2D eigenvalue weighted by molar-refractivity contribution is 8.77. The third kappa shape index (κ3) is 3.90. The van der Waals surface area contributed by atoms with Crippen LogP contribution in [0.5, 0.6) is 0 Å². The molecule has 142 valence electrons. The molecule has 12 heteroatoms. The summed E-state index contributed by atoms with van der Waals surface area (Å²) < 4.78 is 134. The Balaban J connectivity index is 2.29. The van der Waals surface area contributed by atoms with Gasteiger partial charge in [0.15, 0.2) is 34.9 Å². The summed E-state index contributed by atoms with van der Waals surface area (Å²) in [5, 5.41) is -8.97. The van der Waals surface area contributed by atoms with Crippen LogP contribution >= 0.6 is 21.6 Å². The van der Waals surface area contributed by atoms with E-state index in [4.69, 9.17) is 0 Å². The van der Waals surface area contributed by atoms with E-state index in [1.807, 2.05) is 0 Å². The number of rotatable bonds is 5. The van der Waals surface area contributed by atoms with Crippen molar-refractivity contribution in [2.24, 2.45) is 0 Å². The highest BCUT2D eigenvalue weighted by Crippen LogP contribution is 2.56. The Morgan fingerprint density at radius 3 is 1.12 bits per heavy atom. The van der Waals surface area contributed by atoms with Crippen molar-refractivity contribution < 1.29 is 43.9 Å². The first-order valence-corrected chi connectivity index (χ1v) is 8.44. The molecule has 0 saturated heterocycles. The zero-order valence-corrected chi connectivity index (χ0v) is 13.5. The molecule has 0 fully saturated rings. The van der Waals surface area contributed by atoms with Gasteiger partial charge >= 0.3 is 10.5 Å². The summed E-state index contributed by atoms with van der Waals surface area (Å²) in [6.07, 6.45) is 0. The van der Waals surface area contributed by atoms with Gasteiger partial charge in [0.05, 0.1) is 11.1 Å². The molecule has 0 heterocycles.